The zero-order valence-corrected chi connectivity index (χ0v) is 14.6. The second kappa shape index (κ2) is 6.89. The standard InChI is InChI=1S/C17H15BrClFN2O/c18-12-4-5-16(20)15(10-12)17(23)22-8-6-21(7-9-22)14-3-1-2-13(19)11-14/h1-5,10-11H,6-9H2. The minimum atomic E-state index is -0.490. The first-order valence-corrected chi connectivity index (χ1v) is 8.46. The number of carbonyl (C=O) groups is 1. The summed E-state index contributed by atoms with van der Waals surface area (Å²) >= 11 is 9.30. The second-order valence-electron chi connectivity index (χ2n) is 5.38. The van der Waals surface area contributed by atoms with Gasteiger partial charge in [0.15, 0.2) is 0 Å². The predicted octanol–water partition coefficient (Wildman–Crippen LogP) is 4.20. The SMILES string of the molecule is O=C(c1cc(Br)ccc1F)N1CCN(c2cccc(Cl)c2)CC1. The average molecular weight is 398 g/mol. The van der Waals surface area contributed by atoms with Gasteiger partial charge in [-0.15, -0.1) is 0 Å². The molecule has 0 atom stereocenters. The molecular weight excluding hydrogens is 383 g/mol. The highest BCUT2D eigenvalue weighted by molar-refractivity contribution is 9.10. The van der Waals surface area contributed by atoms with Gasteiger partial charge < -0.3 is 9.80 Å². The minimum absolute atomic E-state index is 0.107. The lowest BCUT2D eigenvalue weighted by Crippen LogP contribution is -2.49. The minimum Gasteiger partial charge on any atom is -0.368 e. The van der Waals surface area contributed by atoms with Gasteiger partial charge in [0.1, 0.15) is 5.82 Å². The van der Waals surface area contributed by atoms with Crippen molar-refractivity contribution in [3.63, 3.8) is 0 Å². The van der Waals surface area contributed by atoms with Crippen molar-refractivity contribution in [2.24, 2.45) is 0 Å². The van der Waals surface area contributed by atoms with Gasteiger partial charge >= 0.3 is 0 Å². The summed E-state index contributed by atoms with van der Waals surface area (Å²) in [4.78, 5) is 16.4. The molecule has 0 N–H and O–H groups in total. The summed E-state index contributed by atoms with van der Waals surface area (Å²) in [6.07, 6.45) is 0. The maximum Gasteiger partial charge on any atom is 0.256 e. The van der Waals surface area contributed by atoms with Gasteiger partial charge in [-0.3, -0.25) is 4.79 Å². The largest absolute Gasteiger partial charge is 0.368 e. The van der Waals surface area contributed by atoms with Gasteiger partial charge in [0.2, 0.25) is 0 Å². The Hall–Kier alpha value is -1.59. The van der Waals surface area contributed by atoms with Crippen LogP contribution in [0.5, 0.6) is 0 Å². The molecule has 0 radical (unpaired) electrons. The molecule has 120 valence electrons. The third-order valence-electron chi connectivity index (χ3n) is 3.90. The number of carbonyl (C=O) groups excluding carboxylic acids is 1. The van der Waals surface area contributed by atoms with Crippen LogP contribution in [0.3, 0.4) is 0 Å². The van der Waals surface area contributed by atoms with Crippen LogP contribution in [0, 0.1) is 5.82 Å². The zero-order valence-electron chi connectivity index (χ0n) is 12.3. The number of anilines is 1. The normalized spacial score (nSPS) is 14.9. The number of hydrogen-bond donors (Lipinski definition) is 0. The van der Waals surface area contributed by atoms with E-state index in [1.165, 1.54) is 12.1 Å². The third kappa shape index (κ3) is 3.67. The summed E-state index contributed by atoms with van der Waals surface area (Å²) in [7, 11) is 0. The lowest BCUT2D eigenvalue weighted by Gasteiger charge is -2.36. The number of rotatable bonds is 2. The Bertz CT molecular complexity index is 732. The summed E-state index contributed by atoms with van der Waals surface area (Å²) in [5, 5.41) is 0.692. The highest BCUT2D eigenvalue weighted by Crippen LogP contribution is 2.22. The fourth-order valence-electron chi connectivity index (χ4n) is 2.67. The van der Waals surface area contributed by atoms with Crippen molar-refractivity contribution in [1.82, 2.24) is 4.90 Å². The molecule has 3 rings (SSSR count). The van der Waals surface area contributed by atoms with Gasteiger partial charge in [0, 0.05) is 41.4 Å². The molecule has 2 aromatic rings. The lowest BCUT2D eigenvalue weighted by atomic mass is 10.1. The fourth-order valence-corrected chi connectivity index (χ4v) is 3.22. The van der Waals surface area contributed by atoms with E-state index in [-0.39, 0.29) is 11.5 Å². The van der Waals surface area contributed by atoms with Gasteiger partial charge in [-0.25, -0.2) is 4.39 Å². The molecule has 6 heteroatoms. The topological polar surface area (TPSA) is 23.6 Å². The fraction of sp³-hybridized carbons (Fsp3) is 0.235. The Labute approximate surface area is 147 Å². The molecule has 1 aliphatic heterocycles. The predicted molar refractivity (Wildman–Crippen MR) is 93.7 cm³/mol. The molecule has 1 amide bonds. The van der Waals surface area contributed by atoms with E-state index >= 15 is 0 Å². The molecule has 0 aliphatic carbocycles. The molecule has 1 aliphatic rings. The maximum atomic E-state index is 13.9. The Morgan fingerprint density at radius 3 is 2.52 bits per heavy atom. The van der Waals surface area contributed by atoms with E-state index in [4.69, 9.17) is 11.6 Å². The third-order valence-corrected chi connectivity index (χ3v) is 4.63. The van der Waals surface area contributed by atoms with Crippen molar-refractivity contribution >= 4 is 39.1 Å². The molecule has 23 heavy (non-hydrogen) atoms. The first-order valence-electron chi connectivity index (χ1n) is 7.29. The van der Waals surface area contributed by atoms with E-state index in [0.717, 1.165) is 5.69 Å². The number of amides is 1. The highest BCUT2D eigenvalue weighted by atomic mass is 79.9. The first kappa shape index (κ1) is 16.3. The van der Waals surface area contributed by atoms with Crippen molar-refractivity contribution < 1.29 is 9.18 Å². The molecule has 3 nitrogen and oxygen atoms in total. The van der Waals surface area contributed by atoms with Gasteiger partial charge in [0.05, 0.1) is 5.56 Å². The number of nitrogens with zero attached hydrogens (tertiary/aromatic N) is 2. The molecule has 2 aromatic carbocycles. The van der Waals surface area contributed by atoms with Crippen LogP contribution in [0.4, 0.5) is 10.1 Å². The number of piperazine rings is 1. The summed E-state index contributed by atoms with van der Waals surface area (Å²) in [5.41, 5.74) is 1.15. The summed E-state index contributed by atoms with van der Waals surface area (Å²) in [6.45, 7) is 2.50. The van der Waals surface area contributed by atoms with Crippen LogP contribution in [-0.2, 0) is 0 Å². The summed E-state index contributed by atoms with van der Waals surface area (Å²) < 4.78 is 14.6. The molecular formula is C17H15BrClFN2O. The van der Waals surface area contributed by atoms with Crippen molar-refractivity contribution in [2.75, 3.05) is 31.1 Å². The summed E-state index contributed by atoms with van der Waals surface area (Å²) in [6, 6.07) is 12.1. The van der Waals surface area contributed by atoms with Crippen LogP contribution in [0.25, 0.3) is 0 Å². The highest BCUT2D eigenvalue weighted by Gasteiger charge is 2.24. The molecule has 0 aromatic heterocycles. The number of benzene rings is 2. The van der Waals surface area contributed by atoms with Gasteiger partial charge in [-0.05, 0) is 36.4 Å². The van der Waals surface area contributed by atoms with Crippen LogP contribution in [0.15, 0.2) is 46.9 Å². The van der Waals surface area contributed by atoms with Gasteiger partial charge in [0.25, 0.3) is 5.91 Å². The van der Waals surface area contributed by atoms with E-state index in [0.29, 0.717) is 35.7 Å². The number of halogens is 3. The van der Waals surface area contributed by atoms with E-state index in [9.17, 15) is 9.18 Å². The van der Waals surface area contributed by atoms with Crippen LogP contribution in [0.1, 0.15) is 10.4 Å². The van der Waals surface area contributed by atoms with E-state index in [1.807, 2.05) is 24.3 Å². The van der Waals surface area contributed by atoms with Gasteiger partial charge in [-0.2, -0.15) is 0 Å². The smallest absolute Gasteiger partial charge is 0.256 e. The van der Waals surface area contributed by atoms with Crippen molar-refractivity contribution in [2.45, 2.75) is 0 Å². The summed E-state index contributed by atoms with van der Waals surface area (Å²) in [5.74, 6) is -0.759. The molecule has 0 bridgehead atoms. The molecule has 1 saturated heterocycles. The molecule has 0 saturated carbocycles. The van der Waals surface area contributed by atoms with Crippen LogP contribution >= 0.6 is 27.5 Å². The van der Waals surface area contributed by atoms with Crippen molar-refractivity contribution in [3.8, 4) is 0 Å². The van der Waals surface area contributed by atoms with E-state index in [2.05, 4.69) is 20.8 Å². The molecule has 0 spiro atoms. The first-order chi connectivity index (χ1) is 11.0. The van der Waals surface area contributed by atoms with Crippen LogP contribution < -0.4 is 4.90 Å². The van der Waals surface area contributed by atoms with Crippen molar-refractivity contribution in [3.05, 3.63) is 63.3 Å². The molecule has 0 unspecified atom stereocenters. The zero-order chi connectivity index (χ0) is 16.4. The molecule has 1 heterocycles. The van der Waals surface area contributed by atoms with E-state index < -0.39 is 5.82 Å². The Morgan fingerprint density at radius 2 is 1.83 bits per heavy atom. The lowest BCUT2D eigenvalue weighted by molar-refractivity contribution is 0.0742. The Kier molecular flexibility index (Phi) is 4.87. The monoisotopic (exact) mass is 396 g/mol. The second-order valence-corrected chi connectivity index (χ2v) is 6.74. The Balaban J connectivity index is 1.69. The van der Waals surface area contributed by atoms with Gasteiger partial charge in [-0.1, -0.05) is 33.6 Å². The Morgan fingerprint density at radius 1 is 1.09 bits per heavy atom. The number of hydrogen-bond acceptors (Lipinski definition) is 2. The average Bonchev–Trinajstić information content (AvgIpc) is 2.56. The van der Waals surface area contributed by atoms with Crippen LogP contribution in [0.2, 0.25) is 5.02 Å². The maximum absolute atomic E-state index is 13.9. The van der Waals surface area contributed by atoms with E-state index in [1.54, 1.807) is 11.0 Å². The van der Waals surface area contributed by atoms with Crippen molar-refractivity contribution in [1.29, 1.82) is 0 Å². The van der Waals surface area contributed by atoms with Crippen LogP contribution in [-0.4, -0.2) is 37.0 Å². The molecule has 1 fully saturated rings. The quantitative estimate of drug-likeness (QED) is 0.758.